The molecule has 1 aromatic carbocycles. The van der Waals surface area contributed by atoms with Crippen molar-refractivity contribution in [2.75, 3.05) is 11.9 Å². The van der Waals surface area contributed by atoms with Gasteiger partial charge < -0.3 is 5.32 Å². The van der Waals surface area contributed by atoms with Gasteiger partial charge in [-0.3, -0.25) is 5.32 Å². The molecule has 112 valence electrons. The van der Waals surface area contributed by atoms with Crippen molar-refractivity contribution in [2.24, 2.45) is 0 Å². The zero-order chi connectivity index (χ0) is 15.5. The summed E-state index contributed by atoms with van der Waals surface area (Å²) in [5.74, 6) is 0.556. The van der Waals surface area contributed by atoms with Crippen LogP contribution in [0.1, 0.15) is 12.5 Å². The number of nitrogens with one attached hydrogen (secondary N) is 2. The molecule has 5 heteroatoms. The van der Waals surface area contributed by atoms with E-state index >= 15 is 0 Å². The SMILES string of the molecule is CCNC(=O)Nc1cc2cc(-c3ccsc3)cc(C)c2cn1. The second-order valence-electron chi connectivity index (χ2n) is 5.08. The third-order valence-corrected chi connectivity index (χ3v) is 4.16. The number of pyridine rings is 1. The predicted molar refractivity (Wildman–Crippen MR) is 92.5 cm³/mol. The minimum Gasteiger partial charge on any atom is -0.338 e. The van der Waals surface area contributed by atoms with Gasteiger partial charge in [0, 0.05) is 18.1 Å². The molecule has 2 N–H and O–H groups in total. The molecule has 2 heterocycles. The van der Waals surface area contributed by atoms with Crippen LogP contribution in [-0.2, 0) is 0 Å². The first-order valence-corrected chi connectivity index (χ1v) is 8.09. The Bertz CT molecular complexity index is 812. The summed E-state index contributed by atoms with van der Waals surface area (Å²) in [6, 6.07) is 8.09. The maximum absolute atomic E-state index is 11.6. The summed E-state index contributed by atoms with van der Waals surface area (Å²) in [6.45, 7) is 4.54. The molecule has 0 atom stereocenters. The quantitative estimate of drug-likeness (QED) is 0.752. The van der Waals surface area contributed by atoms with Gasteiger partial charge in [0.1, 0.15) is 5.82 Å². The van der Waals surface area contributed by atoms with E-state index in [0.717, 1.165) is 10.8 Å². The number of carbonyl (C=O) groups excluding carboxylic acids is 1. The van der Waals surface area contributed by atoms with Crippen LogP contribution >= 0.6 is 11.3 Å². The van der Waals surface area contributed by atoms with E-state index in [2.05, 4.69) is 51.5 Å². The van der Waals surface area contributed by atoms with Crippen LogP contribution in [0.4, 0.5) is 10.6 Å². The molecule has 2 aromatic heterocycles. The summed E-state index contributed by atoms with van der Waals surface area (Å²) in [7, 11) is 0. The molecule has 0 fully saturated rings. The normalized spacial score (nSPS) is 10.6. The number of urea groups is 1. The Balaban J connectivity index is 2.01. The van der Waals surface area contributed by atoms with Crippen molar-refractivity contribution in [3.63, 3.8) is 0 Å². The van der Waals surface area contributed by atoms with Crippen molar-refractivity contribution in [2.45, 2.75) is 13.8 Å². The number of carbonyl (C=O) groups is 1. The van der Waals surface area contributed by atoms with Crippen LogP contribution in [-0.4, -0.2) is 17.6 Å². The number of aromatic nitrogens is 1. The minimum absolute atomic E-state index is 0.236. The third-order valence-electron chi connectivity index (χ3n) is 3.48. The number of amides is 2. The van der Waals surface area contributed by atoms with Crippen molar-refractivity contribution in [1.29, 1.82) is 0 Å². The van der Waals surface area contributed by atoms with Crippen LogP contribution < -0.4 is 10.6 Å². The molecule has 0 saturated heterocycles. The van der Waals surface area contributed by atoms with Crippen LogP contribution in [0.2, 0.25) is 0 Å². The number of rotatable bonds is 3. The van der Waals surface area contributed by atoms with E-state index in [4.69, 9.17) is 0 Å². The Morgan fingerprint density at radius 3 is 2.86 bits per heavy atom. The van der Waals surface area contributed by atoms with Gasteiger partial charge in [0.2, 0.25) is 0 Å². The van der Waals surface area contributed by atoms with Gasteiger partial charge in [-0.25, -0.2) is 9.78 Å². The molecule has 3 aromatic rings. The molecule has 3 rings (SSSR count). The lowest BCUT2D eigenvalue weighted by Crippen LogP contribution is -2.28. The number of nitrogens with zero attached hydrogens (tertiary/aromatic N) is 1. The Morgan fingerprint density at radius 2 is 2.14 bits per heavy atom. The summed E-state index contributed by atoms with van der Waals surface area (Å²) < 4.78 is 0. The number of thiophene rings is 1. The summed E-state index contributed by atoms with van der Waals surface area (Å²) in [5.41, 5.74) is 3.57. The Morgan fingerprint density at radius 1 is 1.27 bits per heavy atom. The third kappa shape index (κ3) is 2.94. The van der Waals surface area contributed by atoms with E-state index < -0.39 is 0 Å². The summed E-state index contributed by atoms with van der Waals surface area (Å²) >= 11 is 1.69. The number of hydrogen-bond acceptors (Lipinski definition) is 3. The highest BCUT2D eigenvalue weighted by Crippen LogP contribution is 2.29. The van der Waals surface area contributed by atoms with E-state index in [1.807, 2.05) is 19.2 Å². The van der Waals surface area contributed by atoms with Gasteiger partial charge in [0.25, 0.3) is 0 Å². The minimum atomic E-state index is -0.236. The summed E-state index contributed by atoms with van der Waals surface area (Å²) in [6.07, 6.45) is 1.81. The first-order chi connectivity index (χ1) is 10.7. The highest BCUT2D eigenvalue weighted by Gasteiger charge is 2.07. The summed E-state index contributed by atoms with van der Waals surface area (Å²) in [4.78, 5) is 15.9. The Labute approximate surface area is 133 Å². The van der Waals surface area contributed by atoms with E-state index in [9.17, 15) is 4.79 Å². The van der Waals surface area contributed by atoms with Crippen molar-refractivity contribution in [3.8, 4) is 11.1 Å². The van der Waals surface area contributed by atoms with E-state index in [1.54, 1.807) is 11.3 Å². The molecule has 0 aliphatic heterocycles. The second kappa shape index (κ2) is 6.15. The first-order valence-electron chi connectivity index (χ1n) is 7.15. The lowest BCUT2D eigenvalue weighted by molar-refractivity contribution is 0.252. The van der Waals surface area contributed by atoms with E-state index in [0.29, 0.717) is 12.4 Å². The van der Waals surface area contributed by atoms with Gasteiger partial charge in [-0.05, 0) is 64.9 Å². The maximum atomic E-state index is 11.6. The van der Waals surface area contributed by atoms with Crippen LogP contribution in [0.3, 0.4) is 0 Å². The van der Waals surface area contributed by atoms with Crippen LogP contribution in [0.25, 0.3) is 21.9 Å². The van der Waals surface area contributed by atoms with Crippen LogP contribution in [0.15, 0.2) is 41.2 Å². The maximum Gasteiger partial charge on any atom is 0.320 e. The van der Waals surface area contributed by atoms with Crippen molar-refractivity contribution < 1.29 is 4.79 Å². The molecular weight excluding hydrogens is 294 g/mol. The van der Waals surface area contributed by atoms with E-state index in [-0.39, 0.29) is 6.03 Å². The highest BCUT2D eigenvalue weighted by atomic mass is 32.1. The van der Waals surface area contributed by atoms with Crippen molar-refractivity contribution in [1.82, 2.24) is 10.3 Å². The fraction of sp³-hybridized carbons (Fsp3) is 0.176. The predicted octanol–water partition coefficient (Wildman–Crippen LogP) is 4.41. The first kappa shape index (κ1) is 14.5. The zero-order valence-corrected chi connectivity index (χ0v) is 13.3. The largest absolute Gasteiger partial charge is 0.338 e. The lowest BCUT2D eigenvalue weighted by atomic mass is 10.0. The Kier molecular flexibility index (Phi) is 4.06. The van der Waals surface area contributed by atoms with Crippen molar-refractivity contribution >= 4 is 34.0 Å². The molecular formula is C17H17N3OS. The molecule has 4 nitrogen and oxygen atoms in total. The van der Waals surface area contributed by atoms with Crippen molar-refractivity contribution in [3.05, 3.63) is 46.8 Å². The average molecular weight is 311 g/mol. The van der Waals surface area contributed by atoms with Gasteiger partial charge in [-0.2, -0.15) is 11.3 Å². The molecule has 0 unspecified atom stereocenters. The number of aryl methyl sites for hydroxylation is 1. The zero-order valence-electron chi connectivity index (χ0n) is 12.5. The Hall–Kier alpha value is -2.40. The molecule has 2 amide bonds. The molecule has 0 aliphatic rings. The topological polar surface area (TPSA) is 54.0 Å². The second-order valence-corrected chi connectivity index (χ2v) is 5.86. The number of benzene rings is 1. The van der Waals surface area contributed by atoms with Gasteiger partial charge in [0.05, 0.1) is 0 Å². The van der Waals surface area contributed by atoms with Gasteiger partial charge in [-0.15, -0.1) is 0 Å². The molecule has 0 spiro atoms. The molecule has 22 heavy (non-hydrogen) atoms. The lowest BCUT2D eigenvalue weighted by Gasteiger charge is -2.09. The number of anilines is 1. The monoisotopic (exact) mass is 311 g/mol. The standard InChI is InChI=1S/C17H17N3OS/c1-3-18-17(21)20-16-8-14-7-13(12-4-5-22-10-12)6-11(2)15(14)9-19-16/h4-10H,3H2,1-2H3,(H2,18,19,20,21). The average Bonchev–Trinajstić information content (AvgIpc) is 3.01. The highest BCUT2D eigenvalue weighted by molar-refractivity contribution is 7.08. The molecule has 0 aliphatic carbocycles. The molecule has 0 radical (unpaired) electrons. The smallest absolute Gasteiger partial charge is 0.320 e. The van der Waals surface area contributed by atoms with Gasteiger partial charge >= 0.3 is 6.03 Å². The molecule has 0 bridgehead atoms. The molecule has 0 saturated carbocycles. The number of fused-ring (bicyclic) bond motifs is 1. The van der Waals surface area contributed by atoms with Gasteiger partial charge in [0.15, 0.2) is 0 Å². The summed E-state index contributed by atoms with van der Waals surface area (Å²) in [5, 5.41) is 11.8. The number of hydrogen-bond donors (Lipinski definition) is 2. The van der Waals surface area contributed by atoms with Crippen LogP contribution in [0.5, 0.6) is 0 Å². The fourth-order valence-corrected chi connectivity index (χ4v) is 3.09. The van der Waals surface area contributed by atoms with Crippen LogP contribution in [0, 0.1) is 6.92 Å². The van der Waals surface area contributed by atoms with Gasteiger partial charge in [-0.1, -0.05) is 6.07 Å². The van der Waals surface area contributed by atoms with E-state index in [1.165, 1.54) is 16.7 Å². The fourth-order valence-electron chi connectivity index (χ4n) is 2.42.